The summed E-state index contributed by atoms with van der Waals surface area (Å²) in [7, 11) is 0. The van der Waals surface area contributed by atoms with Crippen molar-refractivity contribution in [2.45, 2.75) is 57.5 Å². The number of phenolic OH excluding ortho intramolecular Hbond substituents is 1. The molecule has 2 nitrogen and oxygen atoms in total. The van der Waals surface area contributed by atoms with Gasteiger partial charge in [-0.25, -0.2) is 0 Å². The molecular formula is C18H24O2. The van der Waals surface area contributed by atoms with E-state index in [9.17, 15) is 10.2 Å². The van der Waals surface area contributed by atoms with Gasteiger partial charge < -0.3 is 10.2 Å². The number of aliphatic hydroxyl groups excluding tert-OH is 1. The Bertz CT molecular complexity index is 538. The maximum Gasteiger partial charge on any atom is 0.115 e. The Kier molecular flexibility index (Phi) is 2.69. The van der Waals surface area contributed by atoms with Crippen molar-refractivity contribution in [2.75, 3.05) is 0 Å². The molecule has 0 heterocycles. The van der Waals surface area contributed by atoms with E-state index in [1.807, 2.05) is 12.1 Å². The van der Waals surface area contributed by atoms with Crippen LogP contribution in [-0.4, -0.2) is 16.3 Å². The second kappa shape index (κ2) is 4.24. The SMILES string of the molecule is C[C@]12CC[C@@H]3c4ccc(O)cc4CC[C@H]3C1CCC2O. The fourth-order valence-electron chi connectivity index (χ4n) is 5.54. The number of phenols is 1. The van der Waals surface area contributed by atoms with Gasteiger partial charge in [-0.15, -0.1) is 0 Å². The quantitative estimate of drug-likeness (QED) is 0.757. The Morgan fingerprint density at radius 2 is 2.00 bits per heavy atom. The summed E-state index contributed by atoms with van der Waals surface area (Å²) in [4.78, 5) is 0. The van der Waals surface area contributed by atoms with E-state index >= 15 is 0 Å². The van der Waals surface area contributed by atoms with Gasteiger partial charge in [-0.3, -0.25) is 0 Å². The molecule has 1 aromatic carbocycles. The number of fused-ring (bicyclic) bond motifs is 5. The lowest BCUT2D eigenvalue weighted by Gasteiger charge is -2.50. The maximum atomic E-state index is 10.4. The standard InChI is InChI=1S/C18H24O2/c1-18-9-8-14-13-5-3-12(19)10-11(13)2-4-15(14)16(18)6-7-17(18)20/h3,5,10,14-17,19-20H,2,4,6-9H2,1H3/t14-,15-,16?,17?,18+/m1/s1. The average Bonchev–Trinajstić information content (AvgIpc) is 2.74. The van der Waals surface area contributed by atoms with Crippen molar-refractivity contribution < 1.29 is 10.2 Å². The summed E-state index contributed by atoms with van der Waals surface area (Å²) >= 11 is 0. The smallest absolute Gasteiger partial charge is 0.115 e. The molecule has 0 spiro atoms. The monoisotopic (exact) mass is 272 g/mol. The third kappa shape index (κ3) is 1.60. The van der Waals surface area contributed by atoms with E-state index in [4.69, 9.17) is 0 Å². The first-order valence-corrected chi connectivity index (χ1v) is 8.09. The predicted molar refractivity (Wildman–Crippen MR) is 78.7 cm³/mol. The summed E-state index contributed by atoms with van der Waals surface area (Å²) in [5.41, 5.74) is 2.99. The molecular weight excluding hydrogens is 248 g/mol. The summed E-state index contributed by atoms with van der Waals surface area (Å²) < 4.78 is 0. The molecule has 5 atom stereocenters. The van der Waals surface area contributed by atoms with Crippen molar-refractivity contribution in [1.82, 2.24) is 0 Å². The lowest BCUT2D eigenvalue weighted by Crippen LogP contribution is -2.43. The van der Waals surface area contributed by atoms with Crippen LogP contribution >= 0.6 is 0 Å². The zero-order chi connectivity index (χ0) is 13.9. The van der Waals surface area contributed by atoms with E-state index in [1.165, 1.54) is 30.4 Å². The van der Waals surface area contributed by atoms with E-state index < -0.39 is 0 Å². The molecule has 0 saturated heterocycles. The Labute approximate surface area is 120 Å². The van der Waals surface area contributed by atoms with Crippen LogP contribution in [0.4, 0.5) is 0 Å². The zero-order valence-corrected chi connectivity index (χ0v) is 12.2. The highest BCUT2D eigenvalue weighted by molar-refractivity contribution is 5.40. The van der Waals surface area contributed by atoms with Crippen LogP contribution in [0.25, 0.3) is 0 Å². The van der Waals surface area contributed by atoms with Crippen LogP contribution in [0.15, 0.2) is 18.2 Å². The predicted octanol–water partition coefficient (Wildman–Crippen LogP) is 3.61. The number of aryl methyl sites for hydroxylation is 1. The Morgan fingerprint density at radius 3 is 2.85 bits per heavy atom. The molecule has 0 aromatic heterocycles. The van der Waals surface area contributed by atoms with Gasteiger partial charge in [0.25, 0.3) is 0 Å². The van der Waals surface area contributed by atoms with E-state index in [0.29, 0.717) is 17.6 Å². The zero-order valence-electron chi connectivity index (χ0n) is 12.2. The second-order valence-electron chi connectivity index (χ2n) is 7.44. The molecule has 2 saturated carbocycles. The van der Waals surface area contributed by atoms with Crippen molar-refractivity contribution in [3.63, 3.8) is 0 Å². The van der Waals surface area contributed by atoms with E-state index in [2.05, 4.69) is 13.0 Å². The number of hydrogen-bond donors (Lipinski definition) is 2. The molecule has 108 valence electrons. The topological polar surface area (TPSA) is 40.5 Å². The number of rotatable bonds is 0. The summed E-state index contributed by atoms with van der Waals surface area (Å²) in [5.74, 6) is 2.49. The van der Waals surface area contributed by atoms with Gasteiger partial charge in [0.2, 0.25) is 0 Å². The average molecular weight is 272 g/mol. The Morgan fingerprint density at radius 1 is 1.15 bits per heavy atom. The third-order valence-corrected chi connectivity index (χ3v) is 6.66. The fourth-order valence-corrected chi connectivity index (χ4v) is 5.54. The molecule has 4 rings (SSSR count). The minimum absolute atomic E-state index is 0.0883. The van der Waals surface area contributed by atoms with Crippen LogP contribution in [0.3, 0.4) is 0 Å². The van der Waals surface area contributed by atoms with Crippen LogP contribution in [0.2, 0.25) is 0 Å². The third-order valence-electron chi connectivity index (χ3n) is 6.66. The molecule has 2 heteroatoms. The molecule has 3 aliphatic carbocycles. The molecule has 1 aromatic rings. The normalized spacial score (nSPS) is 42.7. The number of aliphatic hydroxyl groups is 1. The highest BCUT2D eigenvalue weighted by Gasteiger charge is 2.54. The van der Waals surface area contributed by atoms with Crippen LogP contribution in [0, 0.1) is 17.3 Å². The number of hydrogen-bond acceptors (Lipinski definition) is 2. The Hall–Kier alpha value is -1.02. The molecule has 0 amide bonds. The van der Waals surface area contributed by atoms with Gasteiger partial charge in [-0.1, -0.05) is 13.0 Å². The van der Waals surface area contributed by atoms with Gasteiger partial charge in [-0.2, -0.15) is 0 Å². The molecule has 2 unspecified atom stereocenters. The van der Waals surface area contributed by atoms with Crippen LogP contribution in [0.5, 0.6) is 5.75 Å². The van der Waals surface area contributed by atoms with Crippen molar-refractivity contribution in [1.29, 1.82) is 0 Å². The highest BCUT2D eigenvalue weighted by atomic mass is 16.3. The lowest BCUT2D eigenvalue weighted by molar-refractivity contribution is -0.0226. The maximum absolute atomic E-state index is 10.4. The van der Waals surface area contributed by atoms with Crippen LogP contribution in [-0.2, 0) is 6.42 Å². The summed E-state index contributed by atoms with van der Waals surface area (Å²) in [6, 6.07) is 5.96. The van der Waals surface area contributed by atoms with E-state index in [-0.39, 0.29) is 11.5 Å². The highest BCUT2D eigenvalue weighted by Crippen LogP contribution is 2.60. The molecule has 2 N–H and O–H groups in total. The van der Waals surface area contributed by atoms with Crippen LogP contribution < -0.4 is 0 Å². The van der Waals surface area contributed by atoms with Gasteiger partial charge in [-0.05, 0) is 85.0 Å². The van der Waals surface area contributed by atoms with Crippen molar-refractivity contribution in [3.05, 3.63) is 29.3 Å². The van der Waals surface area contributed by atoms with Crippen molar-refractivity contribution in [2.24, 2.45) is 17.3 Å². The summed E-state index contributed by atoms with van der Waals surface area (Å²) in [6.45, 7) is 2.32. The van der Waals surface area contributed by atoms with Gasteiger partial charge in [0.1, 0.15) is 5.75 Å². The van der Waals surface area contributed by atoms with Crippen LogP contribution in [0.1, 0.15) is 56.1 Å². The van der Waals surface area contributed by atoms with Crippen molar-refractivity contribution in [3.8, 4) is 5.75 Å². The Balaban J connectivity index is 1.71. The van der Waals surface area contributed by atoms with Crippen molar-refractivity contribution >= 4 is 0 Å². The molecule has 0 bridgehead atoms. The molecule has 2 fully saturated rings. The first-order valence-electron chi connectivity index (χ1n) is 8.09. The van der Waals surface area contributed by atoms with Gasteiger partial charge in [0, 0.05) is 0 Å². The largest absolute Gasteiger partial charge is 0.508 e. The lowest BCUT2D eigenvalue weighted by atomic mass is 9.55. The molecule has 20 heavy (non-hydrogen) atoms. The molecule has 0 radical (unpaired) electrons. The van der Waals surface area contributed by atoms with Gasteiger partial charge in [0.05, 0.1) is 6.10 Å². The summed E-state index contributed by atoms with van der Waals surface area (Å²) in [5, 5.41) is 20.0. The molecule has 0 aliphatic heterocycles. The fraction of sp³-hybridized carbons (Fsp3) is 0.667. The van der Waals surface area contributed by atoms with E-state index in [1.54, 1.807) is 0 Å². The van der Waals surface area contributed by atoms with Gasteiger partial charge in [0.15, 0.2) is 0 Å². The number of benzene rings is 1. The molecule has 3 aliphatic rings. The second-order valence-corrected chi connectivity index (χ2v) is 7.44. The minimum Gasteiger partial charge on any atom is -0.508 e. The first-order chi connectivity index (χ1) is 9.59. The number of aromatic hydroxyl groups is 1. The first kappa shape index (κ1) is 12.7. The van der Waals surface area contributed by atoms with E-state index in [0.717, 1.165) is 25.2 Å². The minimum atomic E-state index is -0.0883. The summed E-state index contributed by atoms with van der Waals surface area (Å²) in [6.07, 6.45) is 6.78. The van der Waals surface area contributed by atoms with Gasteiger partial charge >= 0.3 is 0 Å².